The number of nitrogen functional groups attached to an aromatic ring is 1. The van der Waals surface area contributed by atoms with Crippen LogP contribution in [0.5, 0.6) is 0 Å². The quantitative estimate of drug-likeness (QED) is 0.801. The zero-order chi connectivity index (χ0) is 13.7. The Labute approximate surface area is 107 Å². The molecule has 0 bridgehead atoms. The van der Waals surface area contributed by atoms with Crippen molar-refractivity contribution in [3.8, 4) is 11.5 Å². The van der Waals surface area contributed by atoms with Gasteiger partial charge in [-0.05, 0) is 6.07 Å². The first kappa shape index (κ1) is 13.3. The number of hydrogen-bond donors (Lipinski definition) is 1. The van der Waals surface area contributed by atoms with Crippen molar-refractivity contribution in [1.82, 2.24) is 15.1 Å². The number of hydrogen-bond acceptors (Lipinski definition) is 6. The minimum Gasteiger partial charge on any atom is -0.397 e. The van der Waals surface area contributed by atoms with Gasteiger partial charge in [-0.1, -0.05) is 5.16 Å². The predicted octanol–water partition coefficient (Wildman–Crippen LogP) is 1.54. The molecule has 0 unspecified atom stereocenters. The molecule has 0 saturated heterocycles. The number of nitrogens with zero attached hydrogens (tertiary/aromatic N) is 3. The number of pyridine rings is 1. The molecule has 0 radical (unpaired) electrons. The minimum atomic E-state index is -2.47. The Balaban J connectivity index is 1.94. The second-order valence-electron chi connectivity index (χ2n) is 3.69. The van der Waals surface area contributed by atoms with Crippen LogP contribution in [-0.2, 0) is 11.2 Å². The summed E-state index contributed by atoms with van der Waals surface area (Å²) in [6.45, 7) is -0.489. The number of rotatable bonds is 6. The molecule has 8 heteroatoms. The molecule has 19 heavy (non-hydrogen) atoms. The van der Waals surface area contributed by atoms with Gasteiger partial charge in [-0.15, -0.1) is 0 Å². The molecule has 102 valence electrons. The van der Waals surface area contributed by atoms with Crippen molar-refractivity contribution in [2.45, 2.75) is 12.8 Å². The van der Waals surface area contributed by atoms with Crippen molar-refractivity contribution < 1.29 is 18.0 Å². The molecular weight excluding hydrogens is 258 g/mol. The lowest BCUT2D eigenvalue weighted by atomic mass is 10.2. The van der Waals surface area contributed by atoms with E-state index in [1.54, 1.807) is 12.3 Å². The van der Waals surface area contributed by atoms with Crippen molar-refractivity contribution >= 4 is 5.69 Å². The normalized spacial score (nSPS) is 11.1. The van der Waals surface area contributed by atoms with Crippen LogP contribution in [0.2, 0.25) is 0 Å². The average Bonchev–Trinajstić information content (AvgIpc) is 2.83. The van der Waals surface area contributed by atoms with Crippen molar-refractivity contribution in [3.05, 3.63) is 24.3 Å². The fourth-order valence-corrected chi connectivity index (χ4v) is 1.40. The van der Waals surface area contributed by atoms with Crippen LogP contribution in [0.15, 0.2) is 23.0 Å². The topological polar surface area (TPSA) is 87.1 Å². The average molecular weight is 270 g/mol. The van der Waals surface area contributed by atoms with Gasteiger partial charge in [0.1, 0.15) is 6.61 Å². The van der Waals surface area contributed by atoms with E-state index in [4.69, 9.17) is 15.0 Å². The first-order valence-electron chi connectivity index (χ1n) is 5.55. The second-order valence-corrected chi connectivity index (χ2v) is 3.69. The number of aromatic nitrogens is 3. The van der Waals surface area contributed by atoms with Gasteiger partial charge >= 0.3 is 0 Å². The molecule has 0 aromatic carbocycles. The summed E-state index contributed by atoms with van der Waals surface area (Å²) in [5.74, 6) is 0.643. The van der Waals surface area contributed by atoms with E-state index in [0.29, 0.717) is 23.5 Å². The fraction of sp³-hybridized carbons (Fsp3) is 0.364. The van der Waals surface area contributed by atoms with Gasteiger partial charge < -0.3 is 15.0 Å². The van der Waals surface area contributed by atoms with Gasteiger partial charge in [-0.3, -0.25) is 4.98 Å². The molecule has 2 N–H and O–H groups in total. The first-order chi connectivity index (χ1) is 9.16. The molecule has 6 nitrogen and oxygen atoms in total. The van der Waals surface area contributed by atoms with Gasteiger partial charge in [0, 0.05) is 12.6 Å². The second kappa shape index (κ2) is 6.19. The Kier molecular flexibility index (Phi) is 4.35. The maximum Gasteiger partial charge on any atom is 0.261 e. The monoisotopic (exact) mass is 270 g/mol. The predicted molar refractivity (Wildman–Crippen MR) is 62.5 cm³/mol. The van der Waals surface area contributed by atoms with Crippen molar-refractivity contribution in [2.75, 3.05) is 18.9 Å². The molecule has 2 rings (SSSR count). The van der Waals surface area contributed by atoms with Crippen LogP contribution < -0.4 is 5.73 Å². The highest BCUT2D eigenvalue weighted by Crippen LogP contribution is 2.22. The van der Waals surface area contributed by atoms with Crippen LogP contribution in [-0.4, -0.2) is 34.8 Å². The molecule has 0 aliphatic carbocycles. The Morgan fingerprint density at radius 1 is 1.42 bits per heavy atom. The summed E-state index contributed by atoms with van der Waals surface area (Å²) < 4.78 is 33.4. The van der Waals surface area contributed by atoms with Crippen molar-refractivity contribution in [1.29, 1.82) is 0 Å². The molecule has 0 fully saturated rings. The maximum absolute atomic E-state index is 11.8. The van der Waals surface area contributed by atoms with Gasteiger partial charge in [0.2, 0.25) is 0 Å². The molecule has 2 heterocycles. The fourth-order valence-electron chi connectivity index (χ4n) is 1.40. The van der Waals surface area contributed by atoms with E-state index in [9.17, 15) is 8.78 Å². The van der Waals surface area contributed by atoms with E-state index in [1.165, 1.54) is 6.20 Å². The number of ether oxygens (including phenoxy) is 1. The van der Waals surface area contributed by atoms with Gasteiger partial charge in [-0.2, -0.15) is 4.98 Å². The molecular formula is C11H12F2N4O2. The summed E-state index contributed by atoms with van der Waals surface area (Å²) in [5, 5.41) is 3.72. The highest BCUT2D eigenvalue weighted by Gasteiger charge is 2.11. The summed E-state index contributed by atoms with van der Waals surface area (Å²) in [6, 6.07) is 1.65. The Morgan fingerprint density at radius 2 is 2.26 bits per heavy atom. The number of halogens is 2. The Hall–Kier alpha value is -2.09. The maximum atomic E-state index is 11.8. The number of alkyl halides is 2. The minimum absolute atomic E-state index is 0.106. The smallest absolute Gasteiger partial charge is 0.261 e. The highest BCUT2D eigenvalue weighted by atomic mass is 19.3. The number of anilines is 1. The zero-order valence-corrected chi connectivity index (χ0v) is 9.92. The summed E-state index contributed by atoms with van der Waals surface area (Å²) in [5.41, 5.74) is 6.73. The van der Waals surface area contributed by atoms with E-state index >= 15 is 0 Å². The SMILES string of the molecule is Nc1cnccc1-c1nc(CCOCC(F)F)no1. The molecule has 0 aliphatic rings. The molecule has 2 aromatic rings. The molecule has 0 amide bonds. The van der Waals surface area contributed by atoms with Gasteiger partial charge in [0.25, 0.3) is 12.3 Å². The van der Waals surface area contributed by atoms with Crippen LogP contribution in [0.3, 0.4) is 0 Å². The summed E-state index contributed by atoms with van der Waals surface area (Å²) in [7, 11) is 0. The molecule has 2 aromatic heterocycles. The van der Waals surface area contributed by atoms with Crippen LogP contribution in [0.25, 0.3) is 11.5 Å². The largest absolute Gasteiger partial charge is 0.397 e. The van der Waals surface area contributed by atoms with Gasteiger partial charge in [0.05, 0.1) is 24.1 Å². The van der Waals surface area contributed by atoms with E-state index in [-0.39, 0.29) is 12.5 Å². The third-order valence-electron chi connectivity index (χ3n) is 2.26. The van der Waals surface area contributed by atoms with Gasteiger partial charge in [0.15, 0.2) is 5.82 Å². The Bertz CT molecular complexity index is 533. The summed E-state index contributed by atoms with van der Waals surface area (Å²) >= 11 is 0. The third-order valence-corrected chi connectivity index (χ3v) is 2.26. The van der Waals surface area contributed by atoms with Crippen LogP contribution in [0.4, 0.5) is 14.5 Å². The van der Waals surface area contributed by atoms with Crippen molar-refractivity contribution in [2.24, 2.45) is 0 Å². The van der Waals surface area contributed by atoms with E-state index in [2.05, 4.69) is 15.1 Å². The molecule has 0 atom stereocenters. The van der Waals surface area contributed by atoms with Crippen LogP contribution >= 0.6 is 0 Å². The third kappa shape index (κ3) is 3.68. The first-order valence-corrected chi connectivity index (χ1v) is 5.55. The van der Waals surface area contributed by atoms with Gasteiger partial charge in [-0.25, -0.2) is 8.78 Å². The van der Waals surface area contributed by atoms with Crippen LogP contribution in [0.1, 0.15) is 5.82 Å². The standard InChI is InChI=1S/C11H12F2N4O2/c12-9(13)6-18-4-2-10-16-11(19-17-10)7-1-3-15-5-8(7)14/h1,3,5,9H,2,4,6,14H2. The molecule has 0 saturated carbocycles. The lowest BCUT2D eigenvalue weighted by Crippen LogP contribution is -2.07. The summed E-state index contributed by atoms with van der Waals surface area (Å²) in [6.07, 6.45) is 0.852. The molecule has 0 spiro atoms. The van der Waals surface area contributed by atoms with E-state index < -0.39 is 13.0 Å². The van der Waals surface area contributed by atoms with Crippen molar-refractivity contribution in [3.63, 3.8) is 0 Å². The van der Waals surface area contributed by atoms with E-state index in [0.717, 1.165) is 0 Å². The Morgan fingerprint density at radius 3 is 3.00 bits per heavy atom. The lowest BCUT2D eigenvalue weighted by Gasteiger charge is -1.99. The molecule has 0 aliphatic heterocycles. The summed E-state index contributed by atoms with van der Waals surface area (Å²) in [4.78, 5) is 7.95. The van der Waals surface area contributed by atoms with E-state index in [1.807, 2.05) is 0 Å². The zero-order valence-electron chi connectivity index (χ0n) is 9.92. The lowest BCUT2D eigenvalue weighted by molar-refractivity contribution is 0.0182. The van der Waals surface area contributed by atoms with Crippen LogP contribution in [0, 0.1) is 0 Å². The highest BCUT2D eigenvalue weighted by molar-refractivity contribution is 5.68. The number of nitrogens with two attached hydrogens (primary N) is 1.